The molecule has 6 nitrogen and oxygen atoms in total. The van der Waals surface area contributed by atoms with E-state index in [9.17, 15) is 13.2 Å². The van der Waals surface area contributed by atoms with Gasteiger partial charge in [-0.2, -0.15) is 5.26 Å². The van der Waals surface area contributed by atoms with Crippen LogP contribution in [0.3, 0.4) is 0 Å². The molecule has 0 radical (unpaired) electrons. The summed E-state index contributed by atoms with van der Waals surface area (Å²) >= 11 is 0. The zero-order valence-corrected chi connectivity index (χ0v) is 12.9. The highest BCUT2D eigenvalue weighted by atomic mass is 32.2. The maximum atomic E-state index is 12.1. The first kappa shape index (κ1) is 17.1. The van der Waals surface area contributed by atoms with E-state index in [0.717, 1.165) is 0 Å². The minimum Gasteiger partial charge on any atom is -0.355 e. The summed E-state index contributed by atoms with van der Waals surface area (Å²) in [6.45, 7) is 4.22. The lowest BCUT2D eigenvalue weighted by Gasteiger charge is -2.13. The highest BCUT2D eigenvalue weighted by molar-refractivity contribution is 7.91. The summed E-state index contributed by atoms with van der Waals surface area (Å²) in [5, 5.41) is 14.2. The van der Waals surface area contributed by atoms with Crippen LogP contribution in [0, 0.1) is 11.3 Å². The second-order valence-electron chi connectivity index (χ2n) is 4.53. The van der Waals surface area contributed by atoms with Crippen molar-refractivity contribution >= 4 is 15.7 Å². The fourth-order valence-corrected chi connectivity index (χ4v) is 2.86. The fraction of sp³-hybridized carbons (Fsp3) is 0.429. The third kappa shape index (κ3) is 5.17. The van der Waals surface area contributed by atoms with E-state index in [4.69, 9.17) is 5.26 Å². The van der Waals surface area contributed by atoms with Crippen LogP contribution in [-0.2, 0) is 14.6 Å². The molecule has 0 aromatic heterocycles. The van der Waals surface area contributed by atoms with Crippen molar-refractivity contribution in [2.45, 2.75) is 24.8 Å². The molecule has 1 amide bonds. The van der Waals surface area contributed by atoms with Crippen LogP contribution in [0.25, 0.3) is 0 Å². The molecule has 1 aromatic rings. The fourth-order valence-electron chi connectivity index (χ4n) is 1.68. The molecule has 0 saturated carbocycles. The predicted molar refractivity (Wildman–Crippen MR) is 79.4 cm³/mol. The molecule has 0 aliphatic rings. The molecule has 0 heterocycles. The van der Waals surface area contributed by atoms with Gasteiger partial charge in [-0.05, 0) is 38.1 Å². The van der Waals surface area contributed by atoms with Crippen molar-refractivity contribution in [1.82, 2.24) is 10.6 Å². The molecular formula is C14H19N3O3S. The third-order valence-electron chi connectivity index (χ3n) is 2.91. The molecule has 7 heteroatoms. The Morgan fingerprint density at radius 3 is 2.48 bits per heavy atom. The van der Waals surface area contributed by atoms with Crippen molar-refractivity contribution in [1.29, 1.82) is 5.26 Å². The first-order valence-electron chi connectivity index (χ1n) is 6.64. The van der Waals surface area contributed by atoms with Crippen molar-refractivity contribution in [3.63, 3.8) is 0 Å². The number of carbonyl (C=O) groups excluding carboxylic acids is 1. The Hall–Kier alpha value is -1.91. The number of nitrogens with zero attached hydrogens (tertiary/aromatic N) is 1. The maximum Gasteiger partial charge on any atom is 0.236 e. The van der Waals surface area contributed by atoms with Gasteiger partial charge in [0.05, 0.1) is 28.3 Å². The van der Waals surface area contributed by atoms with Gasteiger partial charge in [0.1, 0.15) is 0 Å². The summed E-state index contributed by atoms with van der Waals surface area (Å²) in [5.41, 5.74) is 0.414. The lowest BCUT2D eigenvalue weighted by atomic mass is 10.2. The molecule has 1 atom stereocenters. The molecule has 1 rings (SSSR count). The smallest absolute Gasteiger partial charge is 0.236 e. The number of nitrogens with one attached hydrogen (secondary N) is 2. The van der Waals surface area contributed by atoms with Gasteiger partial charge in [-0.3, -0.25) is 4.79 Å². The van der Waals surface area contributed by atoms with Crippen LogP contribution in [-0.4, -0.2) is 39.2 Å². The number of nitriles is 1. The summed E-state index contributed by atoms with van der Waals surface area (Å²) in [6, 6.07) is 7.27. The van der Waals surface area contributed by atoms with Gasteiger partial charge in [-0.15, -0.1) is 0 Å². The van der Waals surface area contributed by atoms with E-state index in [1.54, 1.807) is 6.92 Å². The van der Waals surface area contributed by atoms with Gasteiger partial charge in [0.15, 0.2) is 9.84 Å². The van der Waals surface area contributed by atoms with Gasteiger partial charge in [-0.25, -0.2) is 8.42 Å². The molecule has 21 heavy (non-hydrogen) atoms. The van der Waals surface area contributed by atoms with Crippen molar-refractivity contribution < 1.29 is 13.2 Å². The molecule has 2 N–H and O–H groups in total. The minimum atomic E-state index is -3.42. The van der Waals surface area contributed by atoms with E-state index in [1.165, 1.54) is 24.3 Å². The largest absolute Gasteiger partial charge is 0.355 e. The first-order chi connectivity index (χ1) is 9.90. The van der Waals surface area contributed by atoms with Crippen LogP contribution in [0.2, 0.25) is 0 Å². The monoisotopic (exact) mass is 309 g/mol. The Morgan fingerprint density at radius 2 is 1.95 bits per heavy atom. The van der Waals surface area contributed by atoms with E-state index >= 15 is 0 Å². The summed E-state index contributed by atoms with van der Waals surface area (Å²) in [6.07, 6.45) is 0. The normalized spacial score (nSPS) is 12.4. The van der Waals surface area contributed by atoms with Crippen LogP contribution in [0.1, 0.15) is 19.4 Å². The Kier molecular flexibility index (Phi) is 6.34. The van der Waals surface area contributed by atoms with Gasteiger partial charge >= 0.3 is 0 Å². The van der Waals surface area contributed by atoms with E-state index in [0.29, 0.717) is 12.1 Å². The number of benzene rings is 1. The zero-order chi connectivity index (χ0) is 15.9. The summed E-state index contributed by atoms with van der Waals surface area (Å²) in [7, 11) is -3.42. The van der Waals surface area contributed by atoms with E-state index in [1.807, 2.05) is 13.0 Å². The Bertz CT molecular complexity index is 618. The summed E-state index contributed by atoms with van der Waals surface area (Å²) in [4.78, 5) is 11.7. The maximum absolute atomic E-state index is 12.1. The van der Waals surface area contributed by atoms with Crippen LogP contribution in [0.4, 0.5) is 0 Å². The predicted octanol–water partition coefficient (Wildman–Crippen LogP) is 0.446. The second kappa shape index (κ2) is 7.76. The van der Waals surface area contributed by atoms with Crippen LogP contribution in [0.15, 0.2) is 29.2 Å². The summed E-state index contributed by atoms with van der Waals surface area (Å²) in [5.74, 6) is -0.267. The molecule has 0 aliphatic heterocycles. The van der Waals surface area contributed by atoms with E-state index in [2.05, 4.69) is 10.6 Å². The number of carbonyl (C=O) groups is 1. The van der Waals surface area contributed by atoms with Gasteiger partial charge in [0, 0.05) is 13.1 Å². The van der Waals surface area contributed by atoms with Crippen molar-refractivity contribution in [2.24, 2.45) is 0 Å². The second-order valence-corrected chi connectivity index (χ2v) is 6.63. The molecular weight excluding hydrogens is 290 g/mol. The molecule has 1 unspecified atom stereocenters. The summed E-state index contributed by atoms with van der Waals surface area (Å²) < 4.78 is 24.2. The van der Waals surface area contributed by atoms with E-state index in [-0.39, 0.29) is 23.1 Å². The number of amides is 1. The number of rotatable bonds is 7. The lowest BCUT2D eigenvalue weighted by Crippen LogP contribution is -2.43. The molecule has 0 spiro atoms. The zero-order valence-electron chi connectivity index (χ0n) is 12.1. The van der Waals surface area contributed by atoms with Crippen LogP contribution in [0.5, 0.6) is 0 Å². The van der Waals surface area contributed by atoms with Crippen LogP contribution >= 0.6 is 0 Å². The Morgan fingerprint density at radius 1 is 1.33 bits per heavy atom. The average molecular weight is 309 g/mol. The average Bonchev–Trinajstić information content (AvgIpc) is 2.47. The number of hydrogen-bond donors (Lipinski definition) is 2. The van der Waals surface area contributed by atoms with Gasteiger partial charge in [0.2, 0.25) is 5.91 Å². The van der Waals surface area contributed by atoms with Crippen molar-refractivity contribution in [2.75, 3.05) is 18.8 Å². The quantitative estimate of drug-likeness (QED) is 0.761. The SMILES string of the molecule is CCNC(=O)C(C)NCCS(=O)(=O)c1ccc(C#N)cc1. The molecule has 114 valence electrons. The molecule has 0 fully saturated rings. The highest BCUT2D eigenvalue weighted by Crippen LogP contribution is 2.11. The minimum absolute atomic E-state index is 0.108. The van der Waals surface area contributed by atoms with Gasteiger partial charge in [-0.1, -0.05) is 0 Å². The van der Waals surface area contributed by atoms with Crippen molar-refractivity contribution in [3.05, 3.63) is 29.8 Å². The molecule has 0 aliphatic carbocycles. The van der Waals surface area contributed by atoms with E-state index < -0.39 is 15.9 Å². The third-order valence-corrected chi connectivity index (χ3v) is 4.64. The molecule has 0 bridgehead atoms. The highest BCUT2D eigenvalue weighted by Gasteiger charge is 2.16. The van der Waals surface area contributed by atoms with Crippen molar-refractivity contribution in [3.8, 4) is 6.07 Å². The van der Waals surface area contributed by atoms with Crippen LogP contribution < -0.4 is 10.6 Å². The van der Waals surface area contributed by atoms with Gasteiger partial charge in [0.25, 0.3) is 0 Å². The standard InChI is InChI=1S/C14H19N3O3S/c1-3-16-14(18)11(2)17-8-9-21(19,20)13-6-4-12(10-15)5-7-13/h4-7,11,17H,3,8-9H2,1-2H3,(H,16,18). The Balaban J connectivity index is 2.57. The Labute approximate surface area is 125 Å². The lowest BCUT2D eigenvalue weighted by molar-refractivity contribution is -0.122. The molecule has 1 aromatic carbocycles. The topological polar surface area (TPSA) is 99.1 Å². The van der Waals surface area contributed by atoms with Gasteiger partial charge < -0.3 is 10.6 Å². The molecule has 0 saturated heterocycles. The first-order valence-corrected chi connectivity index (χ1v) is 8.30. The number of likely N-dealkylation sites (N-methyl/N-ethyl adjacent to an activating group) is 1. The number of sulfone groups is 1. The number of hydrogen-bond acceptors (Lipinski definition) is 5.